The highest BCUT2D eigenvalue weighted by atomic mass is 32.2. The molecule has 1 aromatic rings. The van der Waals surface area contributed by atoms with Crippen LogP contribution in [-0.4, -0.2) is 41.2 Å². The smallest absolute Gasteiger partial charge is 0.260 e. The van der Waals surface area contributed by atoms with Crippen LogP contribution in [-0.2, 0) is 26.3 Å². The van der Waals surface area contributed by atoms with Crippen molar-refractivity contribution in [2.45, 2.75) is 18.4 Å². The Balaban J connectivity index is 2.38. The fourth-order valence-electron chi connectivity index (χ4n) is 2.29. The molecule has 1 aliphatic rings. The van der Waals surface area contributed by atoms with Crippen molar-refractivity contribution in [1.29, 1.82) is 0 Å². The molecule has 20 heavy (non-hydrogen) atoms. The van der Waals surface area contributed by atoms with E-state index >= 15 is 0 Å². The van der Waals surface area contributed by atoms with Gasteiger partial charge in [0.1, 0.15) is 5.60 Å². The van der Waals surface area contributed by atoms with E-state index in [1.165, 1.54) is 7.11 Å². The predicted octanol–water partition coefficient (Wildman–Crippen LogP) is 1.29. The van der Waals surface area contributed by atoms with Gasteiger partial charge in [0.2, 0.25) is 0 Å². The first-order chi connectivity index (χ1) is 9.61. The number of anilines is 1. The lowest BCUT2D eigenvalue weighted by atomic mass is 9.90. The molecule has 0 radical (unpaired) electrons. The van der Waals surface area contributed by atoms with Crippen LogP contribution in [0.3, 0.4) is 0 Å². The monoisotopic (exact) mass is 302 g/mol. The van der Waals surface area contributed by atoms with Gasteiger partial charge in [-0.3, -0.25) is 9.27 Å². The van der Waals surface area contributed by atoms with Crippen molar-refractivity contribution in [2.24, 2.45) is 0 Å². The van der Waals surface area contributed by atoms with Gasteiger partial charge < -0.3 is 14.2 Å². The van der Waals surface area contributed by atoms with E-state index in [-0.39, 0.29) is 5.82 Å². The summed E-state index contributed by atoms with van der Waals surface area (Å²) in [6.45, 7) is 1.19. The maximum atomic E-state index is 10.9. The third-order valence-electron chi connectivity index (χ3n) is 3.42. The third-order valence-corrected chi connectivity index (χ3v) is 3.79. The zero-order chi connectivity index (χ0) is 14.6. The zero-order valence-electron chi connectivity index (χ0n) is 11.4. The van der Waals surface area contributed by atoms with Crippen LogP contribution in [0.4, 0.5) is 5.82 Å². The van der Waals surface area contributed by atoms with Crippen molar-refractivity contribution >= 4 is 17.1 Å². The molecule has 0 bridgehead atoms. The first-order valence-corrected chi connectivity index (χ1v) is 7.28. The lowest BCUT2D eigenvalue weighted by Crippen LogP contribution is -2.36. The van der Waals surface area contributed by atoms with Crippen molar-refractivity contribution in [3.63, 3.8) is 0 Å². The van der Waals surface area contributed by atoms with Crippen LogP contribution in [0, 0.1) is 0 Å². The molecule has 1 unspecified atom stereocenters. The highest BCUT2D eigenvalue weighted by Crippen LogP contribution is 2.36. The molecule has 1 fully saturated rings. The van der Waals surface area contributed by atoms with E-state index in [1.54, 1.807) is 19.2 Å². The molecule has 0 aromatic carbocycles. The molecule has 2 heterocycles. The number of aromatic nitrogens is 1. The van der Waals surface area contributed by atoms with Crippen LogP contribution in [0.1, 0.15) is 18.5 Å². The van der Waals surface area contributed by atoms with Crippen molar-refractivity contribution in [1.82, 2.24) is 4.98 Å². The van der Waals surface area contributed by atoms with Gasteiger partial charge >= 0.3 is 0 Å². The second-order valence-corrected chi connectivity index (χ2v) is 5.11. The molecule has 0 spiro atoms. The Morgan fingerprint density at radius 2 is 2.10 bits per heavy atom. The van der Waals surface area contributed by atoms with Crippen molar-refractivity contribution in [2.75, 3.05) is 32.2 Å². The summed E-state index contributed by atoms with van der Waals surface area (Å²) >= 11 is -2.22. The molecule has 112 valence electrons. The number of nitrogens with zero attached hydrogens (tertiary/aromatic N) is 1. The molecule has 1 atom stereocenters. The fraction of sp³-hybridized carbons (Fsp3) is 0.583. The molecular weight excluding hydrogens is 284 g/mol. The van der Waals surface area contributed by atoms with E-state index in [4.69, 9.17) is 18.8 Å². The number of ether oxygens (including phenoxy) is 3. The normalized spacial score (nSPS) is 19.4. The summed E-state index contributed by atoms with van der Waals surface area (Å²) in [5.41, 5.74) is 0.162. The molecule has 8 heteroatoms. The number of hydrogen-bond donors (Lipinski definition) is 2. The first-order valence-electron chi connectivity index (χ1n) is 6.17. The third kappa shape index (κ3) is 3.09. The number of rotatable bonds is 5. The minimum Gasteiger partial charge on any atom is -0.493 e. The molecule has 7 nitrogen and oxygen atoms in total. The average Bonchev–Trinajstić information content (AvgIpc) is 2.47. The van der Waals surface area contributed by atoms with Crippen LogP contribution in [0.25, 0.3) is 0 Å². The largest absolute Gasteiger partial charge is 0.493 e. The Bertz CT molecular complexity index is 491. The maximum Gasteiger partial charge on any atom is 0.260 e. The number of nitrogens with one attached hydrogen (secondary N) is 1. The SMILES string of the molecule is COc1ccc(C2(OC)CCOCC2)nc1NS(=O)O. The van der Waals surface area contributed by atoms with Gasteiger partial charge in [-0.15, -0.1) is 0 Å². The summed E-state index contributed by atoms with van der Waals surface area (Å²) in [6.07, 6.45) is 1.37. The van der Waals surface area contributed by atoms with Crippen molar-refractivity contribution < 1.29 is 23.0 Å². The van der Waals surface area contributed by atoms with Crippen LogP contribution in [0.5, 0.6) is 5.75 Å². The Morgan fingerprint density at radius 3 is 2.65 bits per heavy atom. The molecule has 2 rings (SSSR count). The fourth-order valence-corrected chi connectivity index (χ4v) is 2.60. The molecule has 0 saturated carbocycles. The number of hydrogen-bond acceptors (Lipinski definition) is 5. The zero-order valence-corrected chi connectivity index (χ0v) is 12.2. The Labute approximate surface area is 120 Å². The molecule has 1 saturated heterocycles. The maximum absolute atomic E-state index is 10.9. The second-order valence-electron chi connectivity index (χ2n) is 4.41. The lowest BCUT2D eigenvalue weighted by Gasteiger charge is -2.35. The molecule has 0 amide bonds. The number of methoxy groups -OCH3 is 2. The highest BCUT2D eigenvalue weighted by molar-refractivity contribution is 7.80. The Hall–Kier alpha value is -1.22. The Morgan fingerprint density at radius 1 is 1.40 bits per heavy atom. The van der Waals surface area contributed by atoms with Gasteiger partial charge in [0.25, 0.3) is 11.3 Å². The van der Waals surface area contributed by atoms with Crippen LogP contribution >= 0.6 is 0 Å². The summed E-state index contributed by atoms with van der Waals surface area (Å²) in [7, 11) is 3.11. The summed E-state index contributed by atoms with van der Waals surface area (Å²) in [5, 5.41) is 0. The quantitative estimate of drug-likeness (QED) is 0.797. The van der Waals surface area contributed by atoms with E-state index in [9.17, 15) is 4.21 Å². The Kier molecular flexibility index (Phi) is 4.92. The van der Waals surface area contributed by atoms with E-state index in [0.717, 1.165) is 0 Å². The van der Waals surface area contributed by atoms with Gasteiger partial charge in [-0.1, -0.05) is 0 Å². The molecule has 1 aromatic heterocycles. The van der Waals surface area contributed by atoms with Crippen LogP contribution in [0.2, 0.25) is 0 Å². The van der Waals surface area contributed by atoms with Crippen LogP contribution in [0.15, 0.2) is 12.1 Å². The molecule has 1 aliphatic heterocycles. The van der Waals surface area contributed by atoms with Gasteiger partial charge in [-0.25, -0.2) is 9.19 Å². The van der Waals surface area contributed by atoms with Gasteiger partial charge in [0, 0.05) is 33.2 Å². The minimum atomic E-state index is -2.22. The van der Waals surface area contributed by atoms with Gasteiger partial charge in [-0.05, 0) is 12.1 Å². The van der Waals surface area contributed by atoms with Crippen molar-refractivity contribution in [3.05, 3.63) is 17.8 Å². The average molecular weight is 302 g/mol. The predicted molar refractivity (Wildman–Crippen MR) is 73.9 cm³/mol. The van der Waals surface area contributed by atoms with Crippen LogP contribution < -0.4 is 9.46 Å². The lowest BCUT2D eigenvalue weighted by molar-refractivity contribution is -0.0972. The number of pyridine rings is 1. The first kappa shape index (κ1) is 15.2. The summed E-state index contributed by atoms with van der Waals surface area (Å²) < 4.78 is 38.4. The minimum absolute atomic E-state index is 0.216. The summed E-state index contributed by atoms with van der Waals surface area (Å²) in [6, 6.07) is 3.51. The van der Waals surface area contributed by atoms with Gasteiger partial charge in [-0.2, -0.15) is 0 Å². The molecule has 2 N–H and O–H groups in total. The summed E-state index contributed by atoms with van der Waals surface area (Å²) in [5.74, 6) is 0.614. The second kappa shape index (κ2) is 6.49. The van der Waals surface area contributed by atoms with E-state index < -0.39 is 16.9 Å². The van der Waals surface area contributed by atoms with Gasteiger partial charge in [0.15, 0.2) is 11.6 Å². The van der Waals surface area contributed by atoms with E-state index in [1.807, 2.05) is 0 Å². The van der Waals surface area contributed by atoms with E-state index in [2.05, 4.69) is 9.71 Å². The molecular formula is C12H18N2O5S. The standard InChI is InChI=1S/C12H18N2O5S/c1-17-9-3-4-10(13-11(9)14-20(15)16)12(18-2)5-7-19-8-6-12/h3-4H,5-8H2,1-2H3,(H,13,14)(H,15,16). The summed E-state index contributed by atoms with van der Waals surface area (Å²) in [4.78, 5) is 4.38. The molecule has 0 aliphatic carbocycles. The topological polar surface area (TPSA) is 89.9 Å². The van der Waals surface area contributed by atoms with Crippen molar-refractivity contribution in [3.8, 4) is 5.75 Å². The highest BCUT2D eigenvalue weighted by Gasteiger charge is 2.36. The van der Waals surface area contributed by atoms with Gasteiger partial charge in [0.05, 0.1) is 12.8 Å². The van der Waals surface area contributed by atoms with E-state index in [0.29, 0.717) is 37.5 Å².